The fraction of sp³-hybridized carbons (Fsp3) is 0.149. The van der Waals surface area contributed by atoms with Crippen LogP contribution < -0.4 is 83.4 Å². The maximum Gasteiger partial charge on any atom is 0.381 e. The van der Waals surface area contributed by atoms with Crippen LogP contribution in [0.3, 0.4) is 0 Å². The molecule has 0 bridgehead atoms. The minimum atomic E-state index is -3.14. The third kappa shape index (κ3) is 17.6. The van der Waals surface area contributed by atoms with E-state index in [1.54, 1.807) is 49.7 Å². The highest BCUT2D eigenvalue weighted by Gasteiger charge is 2.45. The van der Waals surface area contributed by atoms with E-state index < -0.39 is 45.1 Å². The number of halogens is 1. The van der Waals surface area contributed by atoms with Crippen molar-refractivity contribution in [1.29, 1.82) is 0 Å². The molecular weight excluding hydrogens is 1680 g/mol. The zero-order valence-electron chi connectivity index (χ0n) is 71.1. The van der Waals surface area contributed by atoms with Crippen LogP contribution in [0.2, 0.25) is 0 Å². The summed E-state index contributed by atoms with van der Waals surface area (Å²) >= 11 is 6.60. The van der Waals surface area contributed by atoms with Gasteiger partial charge >= 0.3 is 15.7 Å². The Labute approximate surface area is 733 Å². The highest BCUT2D eigenvalue weighted by atomic mass is 35.7. The summed E-state index contributed by atoms with van der Waals surface area (Å²) in [5.74, 6) is 7.90. The molecule has 2 aliphatic rings. The second kappa shape index (κ2) is 40.5. The first kappa shape index (κ1) is 87.6. The first-order valence-corrected chi connectivity index (χ1v) is 51.3. The third-order valence-electron chi connectivity index (χ3n) is 21.7. The zero-order valence-corrected chi connectivity index (χ0v) is 77.2. The van der Waals surface area contributed by atoms with Gasteiger partial charge in [-0.15, -0.1) is 0 Å². The van der Waals surface area contributed by atoms with Gasteiger partial charge in [0.1, 0.15) is 75.4 Å². The van der Waals surface area contributed by atoms with Crippen molar-refractivity contribution in [3.05, 3.63) is 328 Å². The van der Waals surface area contributed by atoms with Gasteiger partial charge in [0.25, 0.3) is 7.70 Å². The maximum absolute atomic E-state index is 7.24. The second-order valence-electron chi connectivity index (χ2n) is 28.3. The fourth-order valence-electron chi connectivity index (χ4n) is 15.7. The standard InChI is InChI=1S/2C35H29NO4P2.C14H14ClO2P.C11H10NO2P.C6H15N/c1-36-42(32-18-10-8-16-28(32)37-2,33-19-11-9-17-29(33)38-3)41-39-30-22-20-24-12-4-6-14-26(24)34(30)35-27-15-7-5-13-25(27)21-23-31(35)40-41;1-36-42(41(32-18-10-8-16-28(32)37-2)33-19-11-9-17-29(33)38-3)39-30-22-20-24-12-4-6-14-26(24)34(30)35-27-15-7-5-13-25(27)21-23-31(35)40-42;1-16-11-7-3-5-9-13(11)18(15)14-10-6-4-8-12(14)17-2;1-12-15-13-9-6-2-4-8-5-3-7-10(14-15)11(8)9;1-4-7(5-2)6-3/h2*4-23H,1-3H3;3-10H,1-2H3;2-7,12H,1H3;4-6H2,1-3H3. The lowest BCUT2D eigenvalue weighted by atomic mass is 9.92. The van der Waals surface area contributed by atoms with Crippen molar-refractivity contribution >= 4 is 164 Å². The van der Waals surface area contributed by atoms with Gasteiger partial charge in [-0.2, -0.15) is 0 Å². The fourth-order valence-corrected chi connectivity index (χ4v) is 33.7. The highest BCUT2D eigenvalue weighted by molar-refractivity contribution is 8.36. The van der Waals surface area contributed by atoms with Crippen molar-refractivity contribution in [3.63, 3.8) is 0 Å². The van der Waals surface area contributed by atoms with Gasteiger partial charge in [-0.05, 0) is 184 Å². The van der Waals surface area contributed by atoms with Crippen LogP contribution >= 0.6 is 56.3 Å². The Morgan fingerprint density at radius 1 is 0.363 bits per heavy atom. The van der Waals surface area contributed by atoms with E-state index in [1.807, 2.05) is 160 Å². The number of hydrogen-bond acceptors (Lipinski definition) is 16. The molecule has 3 heterocycles. The first-order chi connectivity index (χ1) is 60.9. The molecule has 124 heavy (non-hydrogen) atoms. The molecule has 0 atom stereocenters. The zero-order chi connectivity index (χ0) is 86.3. The summed E-state index contributed by atoms with van der Waals surface area (Å²) in [5.41, 5.74) is 3.57. The van der Waals surface area contributed by atoms with Crippen LogP contribution in [0.25, 0.3) is 86.9 Å². The smallest absolute Gasteiger partial charge is 0.381 e. The molecule has 630 valence electrons. The number of para-hydroxylation sites is 6. The van der Waals surface area contributed by atoms with Gasteiger partial charge in [0.05, 0.1) is 73.5 Å². The number of methoxy groups -OCH3 is 6. The van der Waals surface area contributed by atoms with E-state index in [-0.39, 0.29) is 0 Å². The Morgan fingerprint density at radius 3 is 1.06 bits per heavy atom. The summed E-state index contributed by atoms with van der Waals surface area (Å²) in [6, 6.07) is 110. The minimum Gasteiger partial charge on any atom is -0.496 e. The molecule has 0 saturated heterocycles. The monoisotopic (exact) mass is 1780 g/mol. The second-order valence-corrected chi connectivity index (χ2v) is 44.3. The van der Waals surface area contributed by atoms with E-state index in [0.29, 0.717) is 0 Å². The van der Waals surface area contributed by atoms with Crippen molar-refractivity contribution in [2.75, 3.05) is 83.4 Å². The molecule has 2 aliphatic heterocycles. The molecular formula is C101H97ClN4O12P6. The summed E-state index contributed by atoms with van der Waals surface area (Å²) in [6.07, 6.45) is 0. The molecule has 16 nitrogen and oxygen atoms in total. The predicted molar refractivity (Wildman–Crippen MR) is 526 cm³/mol. The summed E-state index contributed by atoms with van der Waals surface area (Å²) in [4.78, 5) is 2.38. The van der Waals surface area contributed by atoms with Crippen molar-refractivity contribution in [2.45, 2.75) is 20.8 Å². The molecule has 1 N–H and O–H groups in total. The number of ether oxygens (including phenoxy) is 6. The Bertz CT molecular complexity index is 6470. The predicted octanol–water partition coefficient (Wildman–Crippen LogP) is 26.7. The largest absolute Gasteiger partial charge is 0.496 e. The van der Waals surface area contributed by atoms with Crippen LogP contribution in [0.15, 0.2) is 345 Å². The average Bonchev–Trinajstić information content (AvgIpc) is 1.57. The van der Waals surface area contributed by atoms with E-state index in [2.05, 4.69) is 213 Å². The van der Waals surface area contributed by atoms with Crippen molar-refractivity contribution in [3.8, 4) is 68.6 Å². The Kier molecular flexibility index (Phi) is 28.6. The van der Waals surface area contributed by atoms with Gasteiger partial charge in [-0.1, -0.05) is 250 Å². The van der Waals surface area contributed by atoms with Crippen molar-refractivity contribution in [1.82, 2.24) is 9.99 Å². The van der Waals surface area contributed by atoms with Gasteiger partial charge in [0, 0.05) is 57.2 Å². The van der Waals surface area contributed by atoms with Crippen LogP contribution in [0.5, 0.6) is 57.5 Å². The topological polar surface area (TPSA) is 159 Å². The number of nitrogens with zero attached hydrogens (tertiary/aromatic N) is 3. The van der Waals surface area contributed by atoms with E-state index in [4.69, 9.17) is 75.6 Å². The van der Waals surface area contributed by atoms with Gasteiger partial charge < -0.3 is 59.8 Å². The molecule has 0 amide bonds. The molecule has 0 unspecified atom stereocenters. The van der Waals surface area contributed by atoms with E-state index in [9.17, 15) is 0 Å². The normalized spacial score (nSPS) is 12.4. The molecule has 16 aromatic carbocycles. The van der Waals surface area contributed by atoms with Crippen LogP contribution in [-0.2, 0) is 0 Å². The van der Waals surface area contributed by atoms with E-state index in [0.717, 1.165) is 176 Å². The van der Waals surface area contributed by atoms with E-state index >= 15 is 0 Å². The molecule has 0 aliphatic carbocycles. The average molecular weight is 1780 g/mol. The highest BCUT2D eigenvalue weighted by Crippen LogP contribution is 2.79. The van der Waals surface area contributed by atoms with Crippen LogP contribution in [-0.4, -0.2) is 88.3 Å². The SMILES string of the molecule is CCN(CC)CC.CN=P(c1ccccc1OC)(c1ccccc1OC)p1oc2ccc3ccccc3c2c2c(ccc3ccccc32)o1.CN=P1(P(c2ccccc2OC)c2ccccc2OC)Oc2ccc3ccccc3c2-c2c(ccc3ccccc23)O1.CNP1Oc2cccc3cccc(c23)O1.COc1ccccc1P(Cl)c1ccccc1OC. The summed E-state index contributed by atoms with van der Waals surface area (Å²) in [5, 5.41) is 22.1. The van der Waals surface area contributed by atoms with Gasteiger partial charge in [0.2, 0.25) is 0 Å². The molecule has 23 heteroatoms. The van der Waals surface area contributed by atoms with Gasteiger partial charge in [-0.25, -0.2) is 9.83 Å². The quantitative estimate of drug-likeness (QED) is 0.0809. The Balaban J connectivity index is 0.000000134. The molecule has 19 rings (SSSR count). The summed E-state index contributed by atoms with van der Waals surface area (Å²) in [6.45, 7) is 7.30. The molecule has 17 aromatic rings. The Morgan fingerprint density at radius 2 is 0.694 bits per heavy atom. The number of nitrogens with one attached hydrogen (secondary N) is 1. The van der Waals surface area contributed by atoms with E-state index in [1.165, 1.54) is 19.6 Å². The maximum atomic E-state index is 7.24. The molecule has 0 radical (unpaired) electrons. The van der Waals surface area contributed by atoms with Crippen molar-refractivity contribution in [2.24, 2.45) is 9.49 Å². The lowest BCUT2D eigenvalue weighted by Crippen LogP contribution is -2.21. The Hall–Kier alpha value is -11.3. The molecule has 1 aromatic heterocycles. The number of hydrogen-bond donors (Lipinski definition) is 1. The molecule has 0 spiro atoms. The van der Waals surface area contributed by atoms with Crippen molar-refractivity contribution < 1.29 is 54.9 Å². The number of benzene rings is 16. The summed E-state index contributed by atoms with van der Waals surface area (Å²) in [7, 11) is 7.25. The lowest BCUT2D eigenvalue weighted by Gasteiger charge is -2.33. The number of fused-ring (bicyclic) bond motifs is 14. The van der Waals surface area contributed by atoms with Crippen LogP contribution in [0.4, 0.5) is 0 Å². The van der Waals surface area contributed by atoms with Crippen LogP contribution in [0, 0.1) is 0 Å². The van der Waals surface area contributed by atoms with Gasteiger partial charge in [-0.3, -0.25) is 4.74 Å². The summed E-state index contributed by atoms with van der Waals surface area (Å²) < 4.78 is 84.9. The first-order valence-electron chi connectivity index (χ1n) is 40.6. The lowest BCUT2D eigenvalue weighted by molar-refractivity contribution is 0.321. The molecule has 0 fully saturated rings. The van der Waals surface area contributed by atoms with Crippen LogP contribution in [0.1, 0.15) is 20.8 Å². The van der Waals surface area contributed by atoms with Gasteiger partial charge in [0.15, 0.2) is 0 Å². The third-order valence-corrected chi connectivity index (χ3v) is 40.4. The minimum absolute atomic E-state index is 0.735. The number of rotatable bonds is 18. The molecule has 0 saturated carbocycles.